The molecule has 2 aliphatic rings. The molecule has 8 nitrogen and oxygen atoms in total. The average Bonchev–Trinajstić information content (AvgIpc) is 2.79. The molecule has 0 unspecified atom stereocenters. The first kappa shape index (κ1) is 24.0. The van der Waals surface area contributed by atoms with Crippen LogP contribution in [0.1, 0.15) is 24.2 Å². The molecule has 0 spiro atoms. The average molecular weight is 494 g/mol. The highest BCUT2D eigenvalue weighted by Gasteiger charge is 2.32. The standard InChI is InChI=1S/C23H28ClN3O5S/c1-16-14-27(15-17(2)32-16)33(29,30)20-5-3-4-18(12-20)23(28)25-21-13-19(24)6-7-22(21)26-8-10-31-11-9-26/h3-7,12-13,16-17H,8-11,14-15H2,1-2H3,(H,25,28)/t16-,17-/m0/s1. The van der Waals surface area contributed by atoms with Gasteiger partial charge in [0, 0.05) is 36.8 Å². The molecule has 2 saturated heterocycles. The number of benzene rings is 2. The number of morpholine rings is 2. The third kappa shape index (κ3) is 5.50. The van der Waals surface area contributed by atoms with Crippen molar-refractivity contribution in [3.8, 4) is 0 Å². The smallest absolute Gasteiger partial charge is 0.255 e. The van der Waals surface area contributed by atoms with Crippen LogP contribution in [0, 0.1) is 0 Å². The lowest BCUT2D eigenvalue weighted by Crippen LogP contribution is -2.48. The lowest BCUT2D eigenvalue weighted by Gasteiger charge is -2.34. The van der Waals surface area contributed by atoms with Gasteiger partial charge in [-0.25, -0.2) is 8.42 Å². The van der Waals surface area contributed by atoms with Crippen LogP contribution in [0.3, 0.4) is 0 Å². The Morgan fingerprint density at radius 2 is 1.76 bits per heavy atom. The van der Waals surface area contributed by atoms with Gasteiger partial charge >= 0.3 is 0 Å². The van der Waals surface area contributed by atoms with Gasteiger partial charge in [0.15, 0.2) is 0 Å². The number of hydrogen-bond donors (Lipinski definition) is 1. The summed E-state index contributed by atoms with van der Waals surface area (Å²) in [5.41, 5.74) is 1.66. The second kappa shape index (κ2) is 9.99. The molecular weight excluding hydrogens is 466 g/mol. The predicted molar refractivity (Wildman–Crippen MR) is 128 cm³/mol. The van der Waals surface area contributed by atoms with Crippen LogP contribution < -0.4 is 10.2 Å². The molecule has 4 rings (SSSR count). The third-order valence-corrected chi connectivity index (χ3v) is 7.74. The molecule has 2 fully saturated rings. The lowest BCUT2D eigenvalue weighted by molar-refractivity contribution is -0.0440. The first-order valence-corrected chi connectivity index (χ1v) is 12.7. The largest absolute Gasteiger partial charge is 0.378 e. The molecule has 178 valence electrons. The van der Waals surface area contributed by atoms with E-state index in [4.69, 9.17) is 21.1 Å². The zero-order valence-electron chi connectivity index (χ0n) is 18.7. The summed E-state index contributed by atoms with van der Waals surface area (Å²) in [6, 6.07) is 11.4. The molecule has 1 N–H and O–H groups in total. The monoisotopic (exact) mass is 493 g/mol. The minimum atomic E-state index is -3.76. The van der Waals surface area contributed by atoms with Gasteiger partial charge in [-0.05, 0) is 50.2 Å². The maximum atomic E-state index is 13.2. The van der Waals surface area contributed by atoms with E-state index in [-0.39, 0.29) is 35.8 Å². The van der Waals surface area contributed by atoms with E-state index in [0.717, 1.165) is 5.69 Å². The van der Waals surface area contributed by atoms with Crippen LogP contribution in [0.5, 0.6) is 0 Å². The van der Waals surface area contributed by atoms with Gasteiger partial charge in [-0.1, -0.05) is 17.7 Å². The Morgan fingerprint density at radius 3 is 2.45 bits per heavy atom. The number of carbonyl (C=O) groups excluding carboxylic acids is 1. The fourth-order valence-corrected chi connectivity index (χ4v) is 5.97. The number of carbonyl (C=O) groups is 1. The summed E-state index contributed by atoms with van der Waals surface area (Å²) in [5.74, 6) is -0.410. The van der Waals surface area contributed by atoms with E-state index < -0.39 is 15.9 Å². The molecule has 2 atom stereocenters. The van der Waals surface area contributed by atoms with Crippen molar-refractivity contribution in [2.75, 3.05) is 49.6 Å². The van der Waals surface area contributed by atoms with E-state index >= 15 is 0 Å². The van der Waals surface area contributed by atoms with Gasteiger partial charge in [-0.2, -0.15) is 4.31 Å². The number of ether oxygens (including phenoxy) is 2. The van der Waals surface area contributed by atoms with E-state index in [1.54, 1.807) is 24.3 Å². The van der Waals surface area contributed by atoms with E-state index in [2.05, 4.69) is 10.2 Å². The van der Waals surface area contributed by atoms with Crippen LogP contribution in [0.15, 0.2) is 47.4 Å². The number of rotatable bonds is 5. The molecule has 2 aliphatic heterocycles. The maximum Gasteiger partial charge on any atom is 0.255 e. The van der Waals surface area contributed by atoms with Crippen molar-refractivity contribution in [2.24, 2.45) is 0 Å². The van der Waals surface area contributed by atoms with Crippen molar-refractivity contribution < 1.29 is 22.7 Å². The zero-order valence-corrected chi connectivity index (χ0v) is 20.2. The fraction of sp³-hybridized carbons (Fsp3) is 0.435. The van der Waals surface area contributed by atoms with Gasteiger partial charge in [0.1, 0.15) is 0 Å². The van der Waals surface area contributed by atoms with Crippen LogP contribution in [0.25, 0.3) is 0 Å². The molecule has 0 bridgehead atoms. The van der Waals surface area contributed by atoms with Gasteiger partial charge in [-0.15, -0.1) is 0 Å². The second-order valence-electron chi connectivity index (χ2n) is 8.32. The van der Waals surface area contributed by atoms with Crippen molar-refractivity contribution in [1.82, 2.24) is 4.31 Å². The highest BCUT2D eigenvalue weighted by atomic mass is 35.5. The molecule has 33 heavy (non-hydrogen) atoms. The lowest BCUT2D eigenvalue weighted by atomic mass is 10.2. The summed E-state index contributed by atoms with van der Waals surface area (Å²) in [5, 5.41) is 3.40. The van der Waals surface area contributed by atoms with Crippen LogP contribution in [0.4, 0.5) is 11.4 Å². The molecule has 0 saturated carbocycles. The van der Waals surface area contributed by atoms with E-state index in [9.17, 15) is 13.2 Å². The molecule has 2 aromatic carbocycles. The highest BCUT2D eigenvalue weighted by Crippen LogP contribution is 2.30. The molecule has 10 heteroatoms. The van der Waals surface area contributed by atoms with Gasteiger partial charge in [0.05, 0.1) is 41.7 Å². The van der Waals surface area contributed by atoms with Gasteiger partial charge in [0.25, 0.3) is 5.91 Å². The van der Waals surface area contributed by atoms with Crippen molar-refractivity contribution in [3.63, 3.8) is 0 Å². The second-order valence-corrected chi connectivity index (χ2v) is 10.7. The molecule has 0 radical (unpaired) electrons. The molecule has 0 aliphatic carbocycles. The SMILES string of the molecule is C[C@H]1CN(S(=O)(=O)c2cccc(C(=O)Nc3cc(Cl)ccc3N3CCOCC3)c2)C[C@H](C)O1. The summed E-state index contributed by atoms with van der Waals surface area (Å²) in [6.07, 6.45) is -0.395. The minimum absolute atomic E-state index is 0.0796. The fourth-order valence-electron chi connectivity index (χ4n) is 4.16. The Labute approximate surface area is 199 Å². The molecule has 2 heterocycles. The summed E-state index contributed by atoms with van der Waals surface area (Å²) in [7, 11) is -3.76. The summed E-state index contributed by atoms with van der Waals surface area (Å²) < 4.78 is 38.9. The van der Waals surface area contributed by atoms with E-state index in [1.807, 2.05) is 19.9 Å². The number of anilines is 2. The Kier molecular flexibility index (Phi) is 7.25. The summed E-state index contributed by atoms with van der Waals surface area (Å²) >= 11 is 6.19. The zero-order chi connectivity index (χ0) is 23.6. The maximum absolute atomic E-state index is 13.2. The number of amides is 1. The van der Waals surface area contributed by atoms with Crippen LogP contribution in [-0.2, 0) is 19.5 Å². The number of hydrogen-bond acceptors (Lipinski definition) is 6. The Bertz CT molecular complexity index is 1110. The normalized spacial score (nSPS) is 22.2. The van der Waals surface area contributed by atoms with Crippen LogP contribution in [0.2, 0.25) is 5.02 Å². The number of nitrogens with zero attached hydrogens (tertiary/aromatic N) is 2. The van der Waals surface area contributed by atoms with Crippen LogP contribution in [-0.4, -0.2) is 70.2 Å². The quantitative estimate of drug-likeness (QED) is 0.688. The van der Waals surface area contributed by atoms with Crippen LogP contribution >= 0.6 is 11.6 Å². The van der Waals surface area contributed by atoms with Crippen molar-refractivity contribution in [1.29, 1.82) is 0 Å². The van der Waals surface area contributed by atoms with Gasteiger partial charge in [-0.3, -0.25) is 4.79 Å². The van der Waals surface area contributed by atoms with Crippen molar-refractivity contribution >= 4 is 38.9 Å². The van der Waals surface area contributed by atoms with E-state index in [1.165, 1.54) is 16.4 Å². The van der Waals surface area contributed by atoms with Crippen molar-refractivity contribution in [3.05, 3.63) is 53.1 Å². The number of halogens is 1. The van der Waals surface area contributed by atoms with Gasteiger partial charge in [0.2, 0.25) is 10.0 Å². The summed E-state index contributed by atoms with van der Waals surface area (Å²) in [6.45, 7) is 6.86. The molecule has 2 aromatic rings. The Hall–Kier alpha value is -2.17. The summed E-state index contributed by atoms with van der Waals surface area (Å²) in [4.78, 5) is 15.3. The molecular formula is C23H28ClN3O5S. The van der Waals surface area contributed by atoms with E-state index in [0.29, 0.717) is 37.0 Å². The Balaban J connectivity index is 1.57. The van der Waals surface area contributed by atoms with Crippen molar-refractivity contribution in [2.45, 2.75) is 31.0 Å². The molecule has 1 amide bonds. The minimum Gasteiger partial charge on any atom is -0.378 e. The topological polar surface area (TPSA) is 88.2 Å². The molecule has 0 aromatic heterocycles. The predicted octanol–water partition coefficient (Wildman–Crippen LogP) is 3.23. The highest BCUT2D eigenvalue weighted by molar-refractivity contribution is 7.89. The first-order chi connectivity index (χ1) is 15.7. The number of nitrogens with one attached hydrogen (secondary N) is 1. The Morgan fingerprint density at radius 1 is 1.06 bits per heavy atom. The third-order valence-electron chi connectivity index (χ3n) is 5.68. The van der Waals surface area contributed by atoms with Gasteiger partial charge < -0.3 is 19.7 Å². The number of sulfonamides is 1. The first-order valence-electron chi connectivity index (χ1n) is 10.9.